The third-order valence-electron chi connectivity index (χ3n) is 2.70. The van der Waals surface area contributed by atoms with Crippen molar-refractivity contribution in [2.75, 3.05) is 12.5 Å². The Morgan fingerprint density at radius 3 is 2.90 bits per heavy atom. The van der Waals surface area contributed by atoms with Crippen molar-refractivity contribution in [3.8, 4) is 17.6 Å². The van der Waals surface area contributed by atoms with E-state index in [1.165, 1.54) is 7.11 Å². The second kappa shape index (κ2) is 6.41. The highest BCUT2D eigenvalue weighted by Crippen LogP contribution is 2.29. The molecule has 20 heavy (non-hydrogen) atoms. The molecule has 0 aliphatic carbocycles. The maximum Gasteiger partial charge on any atom is 0.162 e. The molecule has 0 radical (unpaired) electrons. The van der Waals surface area contributed by atoms with E-state index in [2.05, 4.69) is 10.4 Å². The lowest BCUT2D eigenvalue weighted by Gasteiger charge is -2.12. The van der Waals surface area contributed by atoms with Gasteiger partial charge < -0.3 is 14.9 Å². The van der Waals surface area contributed by atoms with Gasteiger partial charge in [0.1, 0.15) is 12.4 Å². The Bertz CT molecular complexity index is 637. The van der Waals surface area contributed by atoms with Crippen molar-refractivity contribution >= 4 is 5.82 Å². The molecule has 0 atom stereocenters. The molecule has 6 heteroatoms. The topological polar surface area (TPSA) is 93.2 Å². The van der Waals surface area contributed by atoms with Gasteiger partial charge in [0, 0.05) is 17.8 Å². The van der Waals surface area contributed by atoms with Gasteiger partial charge in [0.25, 0.3) is 0 Å². The molecular weight excluding hydrogens is 256 g/mol. The first-order chi connectivity index (χ1) is 9.78. The zero-order valence-electron chi connectivity index (χ0n) is 11.0. The number of aromatic nitrogens is 1. The van der Waals surface area contributed by atoms with Crippen LogP contribution in [-0.4, -0.2) is 12.1 Å². The minimum absolute atomic E-state index is 0.287. The van der Waals surface area contributed by atoms with E-state index in [1.54, 1.807) is 30.5 Å². The lowest BCUT2D eigenvalue weighted by Crippen LogP contribution is -2.12. The van der Waals surface area contributed by atoms with E-state index in [0.717, 1.165) is 5.56 Å². The van der Waals surface area contributed by atoms with Gasteiger partial charge in [0.2, 0.25) is 0 Å². The van der Waals surface area contributed by atoms with Gasteiger partial charge in [0.05, 0.1) is 18.7 Å². The number of anilines is 1. The van der Waals surface area contributed by atoms with E-state index >= 15 is 0 Å². The van der Waals surface area contributed by atoms with E-state index in [-0.39, 0.29) is 6.61 Å². The number of nitrogens with zero attached hydrogens (tertiary/aromatic N) is 2. The SMILES string of the molecule is COc1cc(C#N)ccc1OCc1cccnc1NN. The smallest absolute Gasteiger partial charge is 0.162 e. The first kappa shape index (κ1) is 13.6. The van der Waals surface area contributed by atoms with Gasteiger partial charge in [-0.1, -0.05) is 6.07 Å². The lowest BCUT2D eigenvalue weighted by atomic mass is 10.2. The summed E-state index contributed by atoms with van der Waals surface area (Å²) in [5, 5.41) is 8.85. The first-order valence-electron chi connectivity index (χ1n) is 5.90. The standard InChI is InChI=1S/C14H14N4O2/c1-19-13-7-10(8-15)4-5-12(13)20-9-11-3-2-6-17-14(11)18-16/h2-7H,9,16H2,1H3,(H,17,18). The van der Waals surface area contributed by atoms with Crippen LogP contribution in [0.1, 0.15) is 11.1 Å². The Kier molecular flexibility index (Phi) is 4.37. The molecule has 1 aromatic carbocycles. The van der Waals surface area contributed by atoms with Crippen LogP contribution in [0.3, 0.4) is 0 Å². The number of nitrogens with one attached hydrogen (secondary N) is 1. The number of benzene rings is 1. The second-order valence-corrected chi connectivity index (χ2v) is 3.92. The van der Waals surface area contributed by atoms with Crippen LogP contribution in [0.4, 0.5) is 5.82 Å². The maximum absolute atomic E-state index is 8.85. The molecule has 0 saturated carbocycles. The number of nitriles is 1. The number of ether oxygens (including phenoxy) is 2. The highest BCUT2D eigenvalue weighted by Gasteiger charge is 2.08. The fourth-order valence-corrected chi connectivity index (χ4v) is 1.70. The summed E-state index contributed by atoms with van der Waals surface area (Å²) in [6.07, 6.45) is 1.64. The van der Waals surface area contributed by atoms with Crippen LogP contribution in [0.25, 0.3) is 0 Å². The highest BCUT2D eigenvalue weighted by molar-refractivity contribution is 5.47. The van der Waals surface area contributed by atoms with Crippen molar-refractivity contribution < 1.29 is 9.47 Å². The summed E-state index contributed by atoms with van der Waals surface area (Å²) in [7, 11) is 1.53. The Hall–Kier alpha value is -2.78. The summed E-state index contributed by atoms with van der Waals surface area (Å²) < 4.78 is 10.9. The van der Waals surface area contributed by atoms with Gasteiger partial charge in [-0.3, -0.25) is 0 Å². The average molecular weight is 270 g/mol. The molecule has 102 valence electrons. The van der Waals surface area contributed by atoms with E-state index in [0.29, 0.717) is 22.9 Å². The molecule has 2 aromatic rings. The van der Waals surface area contributed by atoms with Crippen LogP contribution < -0.4 is 20.7 Å². The summed E-state index contributed by atoms with van der Waals surface area (Å²) in [4.78, 5) is 4.09. The molecule has 0 amide bonds. The highest BCUT2D eigenvalue weighted by atomic mass is 16.5. The summed E-state index contributed by atoms with van der Waals surface area (Å²) in [6.45, 7) is 0.287. The van der Waals surface area contributed by atoms with Gasteiger partial charge in [-0.25, -0.2) is 10.8 Å². The number of hydrazine groups is 1. The lowest BCUT2D eigenvalue weighted by molar-refractivity contribution is 0.284. The fraction of sp³-hybridized carbons (Fsp3) is 0.143. The molecular formula is C14H14N4O2. The zero-order valence-corrected chi connectivity index (χ0v) is 11.0. The van der Waals surface area contributed by atoms with Crippen molar-refractivity contribution in [3.63, 3.8) is 0 Å². The Balaban J connectivity index is 2.17. The number of hydrogen-bond acceptors (Lipinski definition) is 6. The van der Waals surface area contributed by atoms with Crippen LogP contribution in [-0.2, 0) is 6.61 Å². The molecule has 0 fully saturated rings. The van der Waals surface area contributed by atoms with Crippen LogP contribution in [0.2, 0.25) is 0 Å². The Morgan fingerprint density at radius 2 is 2.20 bits per heavy atom. The number of rotatable bonds is 5. The first-order valence-corrected chi connectivity index (χ1v) is 5.90. The van der Waals surface area contributed by atoms with E-state index < -0.39 is 0 Å². The molecule has 1 aromatic heterocycles. The van der Waals surface area contributed by atoms with E-state index in [1.807, 2.05) is 12.1 Å². The third-order valence-corrected chi connectivity index (χ3v) is 2.70. The third kappa shape index (κ3) is 2.96. The number of pyridine rings is 1. The van der Waals surface area contributed by atoms with Crippen LogP contribution in [0.15, 0.2) is 36.5 Å². The molecule has 0 unspecified atom stereocenters. The van der Waals surface area contributed by atoms with Gasteiger partial charge in [-0.15, -0.1) is 0 Å². The van der Waals surface area contributed by atoms with Crippen LogP contribution in [0.5, 0.6) is 11.5 Å². The summed E-state index contributed by atoms with van der Waals surface area (Å²) in [5.74, 6) is 7.00. The monoisotopic (exact) mass is 270 g/mol. The molecule has 0 aliphatic rings. The number of methoxy groups -OCH3 is 1. The Morgan fingerprint density at radius 1 is 1.35 bits per heavy atom. The molecule has 3 N–H and O–H groups in total. The quantitative estimate of drug-likeness (QED) is 0.636. The van der Waals surface area contributed by atoms with E-state index in [9.17, 15) is 0 Å². The maximum atomic E-state index is 8.85. The molecule has 6 nitrogen and oxygen atoms in total. The molecule has 0 aliphatic heterocycles. The van der Waals surface area contributed by atoms with E-state index in [4.69, 9.17) is 20.6 Å². The van der Waals surface area contributed by atoms with Crippen molar-refractivity contribution in [3.05, 3.63) is 47.7 Å². The van der Waals surface area contributed by atoms with Gasteiger partial charge in [-0.2, -0.15) is 5.26 Å². The number of hydrogen-bond donors (Lipinski definition) is 2. The van der Waals surface area contributed by atoms with Gasteiger partial charge >= 0.3 is 0 Å². The molecule has 0 saturated heterocycles. The average Bonchev–Trinajstić information content (AvgIpc) is 2.52. The fourth-order valence-electron chi connectivity index (χ4n) is 1.70. The van der Waals surface area contributed by atoms with Crippen molar-refractivity contribution in [2.24, 2.45) is 5.84 Å². The second-order valence-electron chi connectivity index (χ2n) is 3.92. The number of nitrogen functional groups attached to an aromatic ring is 1. The van der Waals surface area contributed by atoms with Gasteiger partial charge in [0.15, 0.2) is 11.5 Å². The predicted molar refractivity (Wildman–Crippen MR) is 74.1 cm³/mol. The van der Waals surface area contributed by atoms with Crippen LogP contribution in [0, 0.1) is 11.3 Å². The largest absolute Gasteiger partial charge is 0.493 e. The summed E-state index contributed by atoms with van der Waals surface area (Å²) in [5.41, 5.74) is 3.85. The number of nitrogens with two attached hydrogens (primary N) is 1. The van der Waals surface area contributed by atoms with Crippen molar-refractivity contribution in [2.45, 2.75) is 6.61 Å². The summed E-state index contributed by atoms with van der Waals surface area (Å²) >= 11 is 0. The normalized spacial score (nSPS) is 9.65. The molecule has 0 bridgehead atoms. The zero-order chi connectivity index (χ0) is 14.4. The van der Waals surface area contributed by atoms with Crippen molar-refractivity contribution in [1.29, 1.82) is 5.26 Å². The van der Waals surface area contributed by atoms with Crippen LogP contribution >= 0.6 is 0 Å². The van der Waals surface area contributed by atoms with Crippen molar-refractivity contribution in [1.82, 2.24) is 4.98 Å². The molecule has 2 rings (SSSR count). The minimum atomic E-state index is 0.287. The summed E-state index contributed by atoms with van der Waals surface area (Å²) in [6, 6.07) is 10.7. The van der Waals surface area contributed by atoms with Gasteiger partial charge in [-0.05, 0) is 18.2 Å². The molecule has 1 heterocycles. The minimum Gasteiger partial charge on any atom is -0.493 e. The predicted octanol–water partition coefficient (Wildman–Crippen LogP) is 1.83. The Labute approximate surface area is 116 Å². The molecule has 0 spiro atoms.